The summed E-state index contributed by atoms with van der Waals surface area (Å²) in [6.45, 7) is 2.04. The zero-order chi connectivity index (χ0) is 12.0. The number of rotatable bonds is 5. The van der Waals surface area contributed by atoms with Crippen molar-refractivity contribution in [3.05, 3.63) is 35.4 Å². The molecule has 0 bridgehead atoms. The summed E-state index contributed by atoms with van der Waals surface area (Å²) in [5.74, 6) is -0.198. The number of carbonyl (C=O) groups is 1. The molecule has 16 heavy (non-hydrogen) atoms. The van der Waals surface area contributed by atoms with Gasteiger partial charge in [0.15, 0.2) is 0 Å². The first-order chi connectivity index (χ1) is 7.69. The van der Waals surface area contributed by atoms with Gasteiger partial charge >= 0.3 is 5.97 Å². The smallest absolute Gasteiger partial charge is 0.305 e. The lowest BCUT2D eigenvalue weighted by atomic mass is 10.00. The maximum absolute atomic E-state index is 11.1. The molecule has 0 saturated heterocycles. The minimum absolute atomic E-state index is 0.0414. The normalized spacial score (nSPS) is 12.2. The molecule has 1 rings (SSSR count). The Hall–Kier alpha value is -1.35. The third-order valence-electron chi connectivity index (χ3n) is 2.66. The molecule has 0 aromatic heterocycles. The molecule has 1 aromatic rings. The van der Waals surface area contributed by atoms with Crippen molar-refractivity contribution in [3.63, 3.8) is 0 Å². The van der Waals surface area contributed by atoms with Crippen LogP contribution in [0.3, 0.4) is 0 Å². The van der Waals surface area contributed by atoms with Gasteiger partial charge in [0, 0.05) is 13.5 Å². The fourth-order valence-corrected chi connectivity index (χ4v) is 1.70. The summed E-state index contributed by atoms with van der Waals surface area (Å²) in [5.41, 5.74) is 2.31. The summed E-state index contributed by atoms with van der Waals surface area (Å²) in [6, 6.07) is 8.04. The third kappa shape index (κ3) is 3.35. The molecule has 88 valence electrons. The summed E-state index contributed by atoms with van der Waals surface area (Å²) in [4.78, 5) is 11.1. The molecule has 3 heteroatoms. The van der Waals surface area contributed by atoms with Gasteiger partial charge in [-0.25, -0.2) is 0 Å². The number of esters is 1. The highest BCUT2D eigenvalue weighted by molar-refractivity contribution is 5.69. The summed E-state index contributed by atoms with van der Waals surface area (Å²) in [6.07, 6.45) is 0.984. The Kier molecular flexibility index (Phi) is 4.99. The zero-order valence-corrected chi connectivity index (χ0v) is 10.0. The molecule has 0 N–H and O–H groups in total. The molecule has 3 nitrogen and oxygen atoms in total. The van der Waals surface area contributed by atoms with Crippen LogP contribution < -0.4 is 0 Å². The molecular weight excluding hydrogens is 204 g/mol. The van der Waals surface area contributed by atoms with E-state index in [-0.39, 0.29) is 12.1 Å². The summed E-state index contributed by atoms with van der Waals surface area (Å²) in [5, 5.41) is 0. The maximum atomic E-state index is 11.1. The second-order valence-corrected chi connectivity index (χ2v) is 3.70. The molecule has 0 spiro atoms. The highest BCUT2D eigenvalue weighted by atomic mass is 16.5. The lowest BCUT2D eigenvalue weighted by molar-refractivity contribution is -0.141. The highest BCUT2D eigenvalue weighted by Crippen LogP contribution is 2.24. The number of benzene rings is 1. The van der Waals surface area contributed by atoms with Crippen LogP contribution in [0.4, 0.5) is 0 Å². The van der Waals surface area contributed by atoms with Gasteiger partial charge in [0.1, 0.15) is 0 Å². The Morgan fingerprint density at radius 3 is 2.56 bits per heavy atom. The van der Waals surface area contributed by atoms with Crippen LogP contribution >= 0.6 is 0 Å². The van der Waals surface area contributed by atoms with Gasteiger partial charge in [-0.2, -0.15) is 0 Å². The Morgan fingerprint density at radius 2 is 2.00 bits per heavy atom. The summed E-state index contributed by atoms with van der Waals surface area (Å²) < 4.78 is 10.0. The lowest BCUT2D eigenvalue weighted by Crippen LogP contribution is -2.08. The quantitative estimate of drug-likeness (QED) is 0.718. The molecule has 0 aliphatic heterocycles. The van der Waals surface area contributed by atoms with Crippen LogP contribution in [0.5, 0.6) is 0 Å². The van der Waals surface area contributed by atoms with Crippen LogP contribution in [-0.4, -0.2) is 20.2 Å². The molecule has 0 fully saturated rings. The number of methoxy groups -OCH3 is 2. The topological polar surface area (TPSA) is 35.5 Å². The zero-order valence-electron chi connectivity index (χ0n) is 10.0. The number of hydrogen-bond donors (Lipinski definition) is 0. The van der Waals surface area contributed by atoms with Crippen LogP contribution in [-0.2, 0) is 14.3 Å². The number of hydrogen-bond acceptors (Lipinski definition) is 3. The van der Waals surface area contributed by atoms with Gasteiger partial charge < -0.3 is 9.47 Å². The third-order valence-corrected chi connectivity index (χ3v) is 2.66. The fraction of sp³-hybridized carbons (Fsp3) is 0.462. The second kappa shape index (κ2) is 6.28. The summed E-state index contributed by atoms with van der Waals surface area (Å²) >= 11 is 0. The van der Waals surface area contributed by atoms with Crippen LogP contribution in [0.2, 0.25) is 0 Å². The monoisotopic (exact) mass is 222 g/mol. The van der Waals surface area contributed by atoms with Crippen molar-refractivity contribution < 1.29 is 14.3 Å². The molecule has 1 aromatic carbocycles. The van der Waals surface area contributed by atoms with Gasteiger partial charge in [-0.3, -0.25) is 4.79 Å². The number of carbonyl (C=O) groups excluding carboxylic acids is 1. The van der Waals surface area contributed by atoms with E-state index in [1.165, 1.54) is 12.7 Å². The van der Waals surface area contributed by atoms with E-state index in [4.69, 9.17) is 4.74 Å². The summed E-state index contributed by atoms with van der Waals surface area (Å²) in [7, 11) is 3.06. The largest absolute Gasteiger partial charge is 0.469 e. The predicted molar refractivity (Wildman–Crippen MR) is 62.2 cm³/mol. The van der Waals surface area contributed by atoms with Gasteiger partial charge in [0.25, 0.3) is 0 Å². The molecular formula is C13H18O3. The maximum Gasteiger partial charge on any atom is 0.305 e. The van der Waals surface area contributed by atoms with Crippen LogP contribution in [0.25, 0.3) is 0 Å². The van der Waals surface area contributed by atoms with E-state index in [0.717, 1.165) is 5.56 Å². The van der Waals surface area contributed by atoms with Crippen LogP contribution in [0.15, 0.2) is 24.3 Å². The Bertz CT molecular complexity index is 347. The first-order valence-electron chi connectivity index (χ1n) is 5.34. The van der Waals surface area contributed by atoms with Gasteiger partial charge in [0.2, 0.25) is 0 Å². The molecule has 0 heterocycles. The molecule has 0 radical (unpaired) electrons. The van der Waals surface area contributed by atoms with E-state index < -0.39 is 0 Å². The van der Waals surface area contributed by atoms with Crippen molar-refractivity contribution in [2.45, 2.75) is 25.9 Å². The standard InChI is InChI=1S/C13H18O3/c1-10-6-4-5-7-11(10)12(15-2)8-9-13(14)16-3/h4-7,12H,8-9H2,1-3H3. The van der Waals surface area contributed by atoms with E-state index in [9.17, 15) is 4.79 Å². The van der Waals surface area contributed by atoms with E-state index in [2.05, 4.69) is 4.74 Å². The van der Waals surface area contributed by atoms with E-state index in [1.807, 2.05) is 31.2 Å². The van der Waals surface area contributed by atoms with Gasteiger partial charge in [-0.15, -0.1) is 0 Å². The second-order valence-electron chi connectivity index (χ2n) is 3.70. The lowest BCUT2D eigenvalue weighted by Gasteiger charge is -2.17. The van der Waals surface area contributed by atoms with Crippen molar-refractivity contribution in [1.29, 1.82) is 0 Å². The Labute approximate surface area is 96.4 Å². The molecule has 0 aliphatic rings. The first-order valence-corrected chi connectivity index (χ1v) is 5.34. The minimum Gasteiger partial charge on any atom is -0.469 e. The van der Waals surface area contributed by atoms with Crippen molar-refractivity contribution in [1.82, 2.24) is 0 Å². The van der Waals surface area contributed by atoms with Crippen molar-refractivity contribution in [2.24, 2.45) is 0 Å². The van der Waals surface area contributed by atoms with Crippen LogP contribution in [0, 0.1) is 6.92 Å². The SMILES string of the molecule is COC(=O)CCC(OC)c1ccccc1C. The molecule has 0 amide bonds. The number of ether oxygens (including phenoxy) is 2. The van der Waals surface area contributed by atoms with Crippen LogP contribution in [0.1, 0.15) is 30.1 Å². The van der Waals surface area contributed by atoms with Gasteiger partial charge in [-0.1, -0.05) is 24.3 Å². The average molecular weight is 222 g/mol. The fourth-order valence-electron chi connectivity index (χ4n) is 1.70. The van der Waals surface area contributed by atoms with E-state index >= 15 is 0 Å². The van der Waals surface area contributed by atoms with Crippen molar-refractivity contribution in [3.8, 4) is 0 Å². The Morgan fingerprint density at radius 1 is 1.31 bits per heavy atom. The number of aryl methyl sites for hydroxylation is 1. The van der Waals surface area contributed by atoms with Gasteiger partial charge in [-0.05, 0) is 24.5 Å². The first kappa shape index (κ1) is 12.7. The average Bonchev–Trinajstić information content (AvgIpc) is 2.31. The molecule has 1 atom stereocenters. The minimum atomic E-state index is -0.198. The molecule has 0 aliphatic carbocycles. The van der Waals surface area contributed by atoms with Crippen molar-refractivity contribution >= 4 is 5.97 Å². The predicted octanol–water partition coefficient (Wildman–Crippen LogP) is 2.64. The van der Waals surface area contributed by atoms with E-state index in [1.54, 1.807) is 7.11 Å². The highest BCUT2D eigenvalue weighted by Gasteiger charge is 2.14. The van der Waals surface area contributed by atoms with E-state index in [0.29, 0.717) is 12.8 Å². The molecule has 1 unspecified atom stereocenters. The van der Waals surface area contributed by atoms with Gasteiger partial charge in [0.05, 0.1) is 13.2 Å². The Balaban J connectivity index is 2.68. The molecule has 0 saturated carbocycles. The van der Waals surface area contributed by atoms with Crippen molar-refractivity contribution in [2.75, 3.05) is 14.2 Å².